The van der Waals surface area contributed by atoms with Crippen LogP contribution in [0.3, 0.4) is 0 Å². The number of halogens is 21. The number of nitrogens with zero attached hydrogens (tertiary/aromatic N) is 2. The first kappa shape index (κ1) is 118. The fourth-order valence-corrected chi connectivity index (χ4v) is 18.2. The fourth-order valence-electron chi connectivity index (χ4n) is 12.5. The molecular formula is C103H74Br5F11I5N11O11S. The summed E-state index contributed by atoms with van der Waals surface area (Å²) in [6.07, 6.45) is 8.27. The Hall–Kier alpha value is -10.6. The van der Waals surface area contributed by atoms with Crippen molar-refractivity contribution in [2.45, 2.75) is 47.8 Å². The molecule has 0 spiro atoms. The van der Waals surface area contributed by atoms with Gasteiger partial charge in [-0.25, -0.2) is 75.1 Å². The highest BCUT2D eigenvalue weighted by molar-refractivity contribution is 14.1. The molecule has 0 bridgehead atoms. The summed E-state index contributed by atoms with van der Waals surface area (Å²) < 4.78 is 167. The van der Waals surface area contributed by atoms with Crippen molar-refractivity contribution >= 4 is 291 Å². The van der Waals surface area contributed by atoms with Crippen LogP contribution in [0, 0.1) is 152 Å². The second kappa shape index (κ2) is 58.0. The Morgan fingerprint density at radius 3 is 1.14 bits per heavy atom. The molecule has 760 valence electrons. The van der Waals surface area contributed by atoms with Crippen LogP contribution in [0.5, 0.6) is 5.75 Å². The molecule has 0 aliphatic carbocycles. The average Bonchev–Trinajstić information content (AvgIpc) is 1.36. The van der Waals surface area contributed by atoms with Crippen LogP contribution in [0.4, 0.5) is 105 Å². The summed E-state index contributed by atoms with van der Waals surface area (Å²) in [6, 6.07) is 54.2. The second-order valence-electron chi connectivity index (χ2n) is 30.0. The largest absolute Gasteiger partial charge is 0.497 e. The number of pyridine rings is 1. The lowest BCUT2D eigenvalue weighted by Crippen LogP contribution is -2.25. The van der Waals surface area contributed by atoms with Gasteiger partial charge in [0.1, 0.15) is 44.6 Å². The molecule has 0 saturated heterocycles. The fraction of sp³-hybridized carbons (Fsp3) is 0.107. The maximum atomic E-state index is 14.8. The molecule has 147 heavy (non-hydrogen) atoms. The topological polar surface area (TPSA) is 265 Å². The van der Waals surface area contributed by atoms with Crippen molar-refractivity contribution in [3.8, 4) is 41.8 Å². The van der Waals surface area contributed by atoms with Crippen LogP contribution in [0.25, 0.3) is 0 Å². The lowest BCUT2D eigenvalue weighted by molar-refractivity contribution is -0.0297. The van der Waals surface area contributed by atoms with Gasteiger partial charge in [-0.15, -0.1) is 21.8 Å². The Kier molecular flexibility index (Phi) is 46.6. The molecular weight excluding hydrogens is 2840 g/mol. The Labute approximate surface area is 950 Å². The van der Waals surface area contributed by atoms with E-state index in [1.54, 1.807) is 117 Å². The highest BCUT2D eigenvalue weighted by Gasteiger charge is 2.30. The van der Waals surface area contributed by atoms with Gasteiger partial charge >= 0.3 is 0 Å². The van der Waals surface area contributed by atoms with E-state index >= 15 is 0 Å². The quantitative estimate of drug-likeness (QED) is 0.00420. The Bertz CT molecular complexity index is 7410. The molecule has 22 nitrogen and oxygen atoms in total. The molecule has 0 aliphatic rings. The normalized spacial score (nSPS) is 10.4. The van der Waals surface area contributed by atoms with Gasteiger partial charge in [0.05, 0.1) is 103 Å². The van der Waals surface area contributed by atoms with E-state index in [0.717, 1.165) is 68.2 Å². The van der Waals surface area contributed by atoms with Crippen molar-refractivity contribution in [3.05, 3.63) is 395 Å². The number of aromatic nitrogens is 1. The van der Waals surface area contributed by atoms with Crippen LogP contribution in [-0.4, -0.2) is 65.5 Å². The Morgan fingerprint density at radius 1 is 0.395 bits per heavy atom. The van der Waals surface area contributed by atoms with E-state index in [1.165, 1.54) is 47.7 Å². The van der Waals surface area contributed by atoms with Crippen LogP contribution < -0.4 is 53.2 Å². The SMILES string of the molecule is C#CCON(Br)C(=O)c1ccc(F)c(F)c1Nc1ccc(I)cc1C.COc1cccc(C#CCONC(=O)c2cc(Br)c(F)c(F)c2Nc2ccc(I)cc2C)c1.Cc1cc(I)ccc1Nc1c(C(=O)NOCC#Cc2ccccc2F)cc(Br)c(F)c1F.Cc1cc(I)ccc1Nc1c(C(=O)NOCc2cccnc2)cc(Br)c(F)c1F.Cc1cc(I)ccc1Nc1c(C(=O)NOCc2cccs2)cc(Br)c(F)c1F. The summed E-state index contributed by atoms with van der Waals surface area (Å²) in [5, 5.41) is 16.0. The van der Waals surface area contributed by atoms with Crippen molar-refractivity contribution in [1.29, 1.82) is 0 Å². The van der Waals surface area contributed by atoms with E-state index in [0.29, 0.717) is 43.8 Å². The Balaban J connectivity index is 0.000000189. The molecule has 12 aromatic carbocycles. The molecule has 2 heterocycles. The van der Waals surface area contributed by atoms with Gasteiger partial charge in [-0.05, 0) is 420 Å². The number of anilines is 10. The van der Waals surface area contributed by atoms with Crippen LogP contribution in [0.1, 0.15) is 101 Å². The van der Waals surface area contributed by atoms with E-state index < -0.39 is 93.5 Å². The molecule has 0 saturated carbocycles. The maximum absolute atomic E-state index is 14.8. The van der Waals surface area contributed by atoms with E-state index in [1.807, 2.05) is 93.7 Å². The summed E-state index contributed by atoms with van der Waals surface area (Å²) >= 11 is 26.8. The predicted molar refractivity (Wildman–Crippen MR) is 601 cm³/mol. The number of hydrogen-bond donors (Lipinski definition) is 9. The van der Waals surface area contributed by atoms with Crippen molar-refractivity contribution < 1.29 is 101 Å². The standard InChI is InChI=1S/C24H18BrF2IN2O3.C23H15BrF3IN2O2.C20H15BrF2IN3O2.C19H14BrF2IN2O2S.C17H12BrF2IN2O2/c1-14-11-16(28)8-9-20(14)29-23-18(13-19(25)21(26)22(23)27)24(31)30-33-10-4-6-15-5-3-7-17(12-15)32-2;1-13-11-15(28)8-9-19(13)29-22-16(12-17(24)20(26)21(22)27)23(31)30-32-10-4-6-14-5-2-3-7-18(14)25;1-11-7-13(24)4-5-16(11)26-19-14(8-15(21)17(22)18(19)23)20(28)27-29-10-12-3-2-6-25-9-12;1-10-7-11(23)4-5-15(10)24-18-13(8-14(20)16(21)17(18)22)19(26)25-27-9-12-3-2-6-28-12;1-3-8-25-23(18)17(24)12-5-6-13(19)15(20)16(12)22-14-7-4-11(21)9-10(14)2/h3,5,7-9,11-13,29H,10H2,1-2H3,(H,30,31);2-3,5,7-9,11-12,29H,10H2,1H3,(H,30,31);2-9,26H,10H2,1H3,(H,27,28);2-8,24H,9H2,1H3,(H,25,26);1,4-7,9,22H,8H2,2H3. The van der Waals surface area contributed by atoms with Crippen LogP contribution in [-0.2, 0) is 37.4 Å². The number of aryl methyl sites for hydroxylation is 5. The highest BCUT2D eigenvalue weighted by Crippen LogP contribution is 2.40. The molecule has 0 aliphatic heterocycles. The first-order valence-electron chi connectivity index (χ1n) is 42.0. The van der Waals surface area contributed by atoms with E-state index in [9.17, 15) is 72.3 Å². The van der Waals surface area contributed by atoms with Crippen molar-refractivity contribution in [2.75, 3.05) is 53.5 Å². The van der Waals surface area contributed by atoms with Gasteiger partial charge in [0.2, 0.25) is 0 Å². The van der Waals surface area contributed by atoms with E-state index in [4.69, 9.17) is 35.3 Å². The molecule has 14 aromatic rings. The zero-order chi connectivity index (χ0) is 107. The number of methoxy groups -OCH3 is 1. The Morgan fingerprint density at radius 2 is 0.776 bits per heavy atom. The highest BCUT2D eigenvalue weighted by atomic mass is 127. The molecule has 14 rings (SSSR count). The van der Waals surface area contributed by atoms with Gasteiger partial charge in [-0.3, -0.25) is 48.3 Å². The van der Waals surface area contributed by atoms with Gasteiger partial charge in [0.25, 0.3) is 29.5 Å². The van der Waals surface area contributed by atoms with Gasteiger partial charge in [0.15, 0.2) is 58.2 Å². The molecule has 44 heteroatoms. The number of amides is 5. The third-order valence-electron chi connectivity index (χ3n) is 19.7. The van der Waals surface area contributed by atoms with E-state index in [2.05, 4.69) is 276 Å². The summed E-state index contributed by atoms with van der Waals surface area (Å²) in [5.74, 6) is -1.97. The number of rotatable bonds is 28. The molecule has 0 radical (unpaired) electrons. The molecule has 5 amide bonds. The first-order valence-corrected chi connectivity index (χ1v) is 52.2. The van der Waals surface area contributed by atoms with Crippen LogP contribution in [0.2, 0.25) is 0 Å². The van der Waals surface area contributed by atoms with Gasteiger partial charge in [-0.2, -0.15) is 0 Å². The average molecular weight is 2920 g/mol. The third kappa shape index (κ3) is 34.2. The lowest BCUT2D eigenvalue weighted by atomic mass is 10.1. The first-order chi connectivity index (χ1) is 70.1. The molecule has 0 atom stereocenters. The number of ether oxygens (including phenoxy) is 1. The number of carbonyl (C=O) groups excluding carboxylic acids is 5. The number of terminal acetylenes is 1. The summed E-state index contributed by atoms with van der Waals surface area (Å²) in [6.45, 7) is 8.81. The molecule has 0 fully saturated rings. The molecule has 9 N–H and O–H groups in total. The third-order valence-corrected chi connectivity index (χ3v) is 26.8. The number of carbonyl (C=O) groups is 5. The number of benzene rings is 12. The minimum absolute atomic E-state index is 0.0728. The van der Waals surface area contributed by atoms with Gasteiger partial charge in [0, 0.05) is 69.1 Å². The predicted octanol–water partition coefficient (Wildman–Crippen LogP) is 29.2. The minimum atomic E-state index is -1.22. The second-order valence-corrected chi connectivity index (χ2v) is 41.3. The smallest absolute Gasteiger partial charge is 0.290 e. The zero-order valence-electron chi connectivity index (χ0n) is 76.6. The van der Waals surface area contributed by atoms with Crippen molar-refractivity contribution in [3.63, 3.8) is 0 Å². The maximum Gasteiger partial charge on any atom is 0.290 e. The lowest BCUT2D eigenvalue weighted by Gasteiger charge is -2.18. The number of thiophene rings is 1. The number of nitrogens with one attached hydrogen (secondary N) is 9. The van der Waals surface area contributed by atoms with Crippen molar-refractivity contribution in [1.82, 2.24) is 31.0 Å². The summed E-state index contributed by atoms with van der Waals surface area (Å²) in [5.41, 5.74) is 15.2. The summed E-state index contributed by atoms with van der Waals surface area (Å²) in [4.78, 5) is 93.2. The molecule has 2 aromatic heterocycles. The van der Waals surface area contributed by atoms with Gasteiger partial charge < -0.3 is 31.3 Å². The number of hydrogen-bond acceptors (Lipinski definition) is 18. The van der Waals surface area contributed by atoms with Crippen molar-refractivity contribution in [2.24, 2.45) is 0 Å². The van der Waals surface area contributed by atoms with Crippen LogP contribution in [0.15, 0.2) is 236 Å². The van der Waals surface area contributed by atoms with Crippen LogP contribution >= 0.6 is 204 Å². The monoisotopic (exact) mass is 2910 g/mol. The number of hydroxylamine groups is 5. The summed E-state index contributed by atoms with van der Waals surface area (Å²) in [7, 11) is 1.56. The van der Waals surface area contributed by atoms with Gasteiger partial charge in [-0.1, -0.05) is 59.9 Å². The van der Waals surface area contributed by atoms with E-state index in [-0.39, 0.29) is 113 Å². The molecule has 0 unspecified atom stereocenters. The minimum Gasteiger partial charge on any atom is -0.497 e. The zero-order valence-corrected chi connectivity index (χ0v) is 96.2.